The minimum absolute atomic E-state index is 0.276. The van der Waals surface area contributed by atoms with Gasteiger partial charge in [-0.15, -0.1) is 0 Å². The smallest absolute Gasteiger partial charge is 0.329 e. The first-order valence-corrected chi connectivity index (χ1v) is 7.07. The van der Waals surface area contributed by atoms with Crippen molar-refractivity contribution in [2.24, 2.45) is 0 Å². The van der Waals surface area contributed by atoms with Crippen molar-refractivity contribution in [2.45, 2.75) is 57.5 Å². The van der Waals surface area contributed by atoms with Crippen LogP contribution in [0.25, 0.3) is 0 Å². The van der Waals surface area contributed by atoms with E-state index in [1.54, 1.807) is 19.2 Å². The molecule has 20 heavy (non-hydrogen) atoms. The zero-order valence-corrected chi connectivity index (χ0v) is 11.9. The Kier molecular flexibility index (Phi) is 4.11. The molecule has 2 rings (SSSR count). The predicted molar refractivity (Wildman–Crippen MR) is 73.5 cm³/mol. The zero-order valence-electron chi connectivity index (χ0n) is 11.9. The standard InChI is InChI=1S/C14H21N3O3/c1-3-14(2,13(19)20)15-12(18)11-8-9-17(16-11)10-6-4-5-7-10/h8-10H,3-7H2,1-2H3,(H,15,18)(H,19,20). The molecular formula is C14H21N3O3. The van der Waals surface area contributed by atoms with Crippen LogP contribution in [0.3, 0.4) is 0 Å². The Hall–Kier alpha value is -1.85. The highest BCUT2D eigenvalue weighted by atomic mass is 16.4. The second kappa shape index (κ2) is 5.64. The molecule has 2 N–H and O–H groups in total. The highest BCUT2D eigenvalue weighted by Gasteiger charge is 2.33. The van der Waals surface area contributed by atoms with Crippen LogP contribution >= 0.6 is 0 Å². The number of rotatable bonds is 5. The van der Waals surface area contributed by atoms with Gasteiger partial charge in [0.1, 0.15) is 11.2 Å². The van der Waals surface area contributed by atoms with Crippen LogP contribution in [-0.2, 0) is 4.79 Å². The van der Waals surface area contributed by atoms with Crippen LogP contribution in [-0.4, -0.2) is 32.3 Å². The molecule has 110 valence electrons. The van der Waals surface area contributed by atoms with E-state index < -0.39 is 17.4 Å². The van der Waals surface area contributed by atoms with Crippen molar-refractivity contribution < 1.29 is 14.7 Å². The van der Waals surface area contributed by atoms with Crippen LogP contribution < -0.4 is 5.32 Å². The quantitative estimate of drug-likeness (QED) is 0.863. The van der Waals surface area contributed by atoms with Crippen molar-refractivity contribution in [3.63, 3.8) is 0 Å². The molecule has 1 aromatic rings. The van der Waals surface area contributed by atoms with Crippen LogP contribution in [0.5, 0.6) is 0 Å². The van der Waals surface area contributed by atoms with Gasteiger partial charge in [0, 0.05) is 6.20 Å². The third-order valence-corrected chi connectivity index (χ3v) is 4.11. The number of nitrogens with one attached hydrogen (secondary N) is 1. The summed E-state index contributed by atoms with van der Waals surface area (Å²) in [6.45, 7) is 3.23. The molecule has 1 amide bonds. The lowest BCUT2D eigenvalue weighted by Crippen LogP contribution is -2.51. The number of carboxylic acid groups (broad SMARTS) is 1. The van der Waals surface area contributed by atoms with E-state index in [2.05, 4.69) is 10.4 Å². The van der Waals surface area contributed by atoms with Gasteiger partial charge < -0.3 is 10.4 Å². The second-order valence-corrected chi connectivity index (χ2v) is 5.56. The van der Waals surface area contributed by atoms with Gasteiger partial charge in [-0.1, -0.05) is 19.8 Å². The summed E-state index contributed by atoms with van der Waals surface area (Å²) >= 11 is 0. The molecule has 0 aromatic carbocycles. The molecule has 6 nitrogen and oxygen atoms in total. The maximum absolute atomic E-state index is 12.1. The van der Waals surface area contributed by atoms with E-state index in [9.17, 15) is 9.59 Å². The maximum Gasteiger partial charge on any atom is 0.329 e. The van der Waals surface area contributed by atoms with Crippen LogP contribution in [0.1, 0.15) is 62.5 Å². The van der Waals surface area contributed by atoms with Gasteiger partial charge in [0.15, 0.2) is 0 Å². The third-order valence-electron chi connectivity index (χ3n) is 4.11. The van der Waals surface area contributed by atoms with E-state index in [-0.39, 0.29) is 5.69 Å². The average Bonchev–Trinajstić information content (AvgIpc) is 3.08. The van der Waals surface area contributed by atoms with E-state index in [1.807, 2.05) is 4.68 Å². The van der Waals surface area contributed by atoms with E-state index in [1.165, 1.54) is 19.8 Å². The average molecular weight is 279 g/mol. The number of aliphatic carboxylic acids is 1. The summed E-state index contributed by atoms with van der Waals surface area (Å²) in [5.41, 5.74) is -0.980. The van der Waals surface area contributed by atoms with Gasteiger partial charge in [0.05, 0.1) is 6.04 Å². The Morgan fingerprint density at radius 2 is 2.15 bits per heavy atom. The molecular weight excluding hydrogens is 258 g/mol. The molecule has 1 heterocycles. The normalized spacial score (nSPS) is 18.7. The fourth-order valence-electron chi connectivity index (χ4n) is 2.44. The number of carbonyl (C=O) groups is 2. The van der Waals surface area contributed by atoms with E-state index >= 15 is 0 Å². The van der Waals surface area contributed by atoms with Gasteiger partial charge in [-0.2, -0.15) is 5.10 Å². The largest absolute Gasteiger partial charge is 0.480 e. The van der Waals surface area contributed by atoms with Crippen LogP contribution in [0, 0.1) is 0 Å². The molecule has 6 heteroatoms. The van der Waals surface area contributed by atoms with Gasteiger partial charge in [0.25, 0.3) is 5.91 Å². The third kappa shape index (κ3) is 2.84. The molecule has 0 radical (unpaired) electrons. The molecule has 1 aromatic heterocycles. The Morgan fingerprint density at radius 3 is 2.70 bits per heavy atom. The molecule has 1 aliphatic rings. The van der Waals surface area contributed by atoms with E-state index in [0.717, 1.165) is 12.8 Å². The van der Waals surface area contributed by atoms with Gasteiger partial charge in [-0.05, 0) is 32.3 Å². The summed E-state index contributed by atoms with van der Waals surface area (Å²) in [5.74, 6) is -1.47. The number of amides is 1. The number of nitrogens with zero attached hydrogens (tertiary/aromatic N) is 2. The van der Waals surface area contributed by atoms with Gasteiger partial charge >= 0.3 is 5.97 Å². The molecule has 1 saturated carbocycles. The fraction of sp³-hybridized carbons (Fsp3) is 0.643. The van der Waals surface area contributed by atoms with E-state index in [4.69, 9.17) is 5.11 Å². The number of hydrogen-bond donors (Lipinski definition) is 2. The fourth-order valence-corrected chi connectivity index (χ4v) is 2.44. The summed E-state index contributed by atoms with van der Waals surface area (Å²) in [4.78, 5) is 23.3. The van der Waals surface area contributed by atoms with Crippen molar-refractivity contribution in [3.8, 4) is 0 Å². The zero-order chi connectivity index (χ0) is 14.8. The van der Waals surface area contributed by atoms with Gasteiger partial charge in [-0.25, -0.2) is 4.79 Å². The highest BCUT2D eigenvalue weighted by molar-refractivity contribution is 5.96. The molecule has 1 aliphatic carbocycles. The SMILES string of the molecule is CCC(C)(NC(=O)c1ccn(C2CCCC2)n1)C(=O)O. The van der Waals surface area contributed by atoms with Crippen molar-refractivity contribution >= 4 is 11.9 Å². The molecule has 0 bridgehead atoms. The predicted octanol–water partition coefficient (Wildman–Crippen LogP) is 1.98. The molecule has 1 unspecified atom stereocenters. The second-order valence-electron chi connectivity index (χ2n) is 5.56. The minimum atomic E-state index is -1.26. The van der Waals surface area contributed by atoms with Gasteiger partial charge in [-0.3, -0.25) is 9.48 Å². The Bertz CT molecular complexity index is 506. The van der Waals surface area contributed by atoms with Crippen molar-refractivity contribution in [1.29, 1.82) is 0 Å². The minimum Gasteiger partial charge on any atom is -0.480 e. The summed E-state index contributed by atoms with van der Waals surface area (Å²) < 4.78 is 1.83. The van der Waals surface area contributed by atoms with Crippen LogP contribution in [0.2, 0.25) is 0 Å². The summed E-state index contributed by atoms with van der Waals surface area (Å²) in [5, 5.41) is 16.0. The molecule has 0 saturated heterocycles. The lowest BCUT2D eigenvalue weighted by atomic mass is 9.99. The monoisotopic (exact) mass is 279 g/mol. The van der Waals surface area contributed by atoms with Crippen molar-refractivity contribution in [2.75, 3.05) is 0 Å². The van der Waals surface area contributed by atoms with Crippen LogP contribution in [0.15, 0.2) is 12.3 Å². The lowest BCUT2D eigenvalue weighted by Gasteiger charge is -2.23. The molecule has 1 fully saturated rings. The Balaban J connectivity index is 2.07. The number of hydrogen-bond acceptors (Lipinski definition) is 3. The number of aromatic nitrogens is 2. The topological polar surface area (TPSA) is 84.2 Å². The first kappa shape index (κ1) is 14.6. The molecule has 0 spiro atoms. The van der Waals surface area contributed by atoms with Gasteiger partial charge in [0.2, 0.25) is 0 Å². The molecule has 1 atom stereocenters. The summed E-state index contributed by atoms with van der Waals surface area (Å²) in [6, 6.07) is 2.01. The maximum atomic E-state index is 12.1. The highest BCUT2D eigenvalue weighted by Crippen LogP contribution is 2.28. The van der Waals surface area contributed by atoms with E-state index in [0.29, 0.717) is 12.5 Å². The Labute approximate surface area is 118 Å². The summed E-state index contributed by atoms with van der Waals surface area (Å²) in [6.07, 6.45) is 6.68. The number of carboxylic acids is 1. The Morgan fingerprint density at radius 1 is 1.50 bits per heavy atom. The van der Waals surface area contributed by atoms with Crippen molar-refractivity contribution in [3.05, 3.63) is 18.0 Å². The van der Waals surface area contributed by atoms with Crippen LogP contribution in [0.4, 0.5) is 0 Å². The number of carbonyl (C=O) groups excluding carboxylic acids is 1. The summed E-state index contributed by atoms with van der Waals surface area (Å²) in [7, 11) is 0. The first-order valence-electron chi connectivity index (χ1n) is 7.07. The van der Waals surface area contributed by atoms with Crippen molar-refractivity contribution in [1.82, 2.24) is 15.1 Å². The first-order chi connectivity index (χ1) is 9.46. The lowest BCUT2D eigenvalue weighted by molar-refractivity contribution is -0.143. The molecule has 0 aliphatic heterocycles.